The second-order valence-corrected chi connectivity index (χ2v) is 9.53. The van der Waals surface area contributed by atoms with Crippen LogP contribution in [0.15, 0.2) is 0 Å². The zero-order valence-corrected chi connectivity index (χ0v) is 13.6. The van der Waals surface area contributed by atoms with E-state index in [4.69, 9.17) is 5.73 Å². The smallest absolute Gasteiger partial charge is 0.254 e. The van der Waals surface area contributed by atoms with Crippen LogP contribution in [0.25, 0.3) is 0 Å². The summed E-state index contributed by atoms with van der Waals surface area (Å²) in [6.45, 7) is 2.21. The molecular formula is C14H20N2O3S2. The fourth-order valence-corrected chi connectivity index (χ4v) is 6.14. The van der Waals surface area contributed by atoms with Gasteiger partial charge in [-0.05, 0) is 37.2 Å². The minimum absolute atomic E-state index is 0.0437. The standard InChI is InChI=1S/C14H20N2O3S2/c1-8-2-3-10-11(6-8)20-13(15)12(10)14(17)16-9-4-5-21(18,19)7-9/h8-9H,2-7,15H2,1H3,(H,16,17)/t8-,9+/m0/s1. The fourth-order valence-electron chi connectivity index (χ4n) is 3.19. The van der Waals surface area contributed by atoms with Crippen molar-refractivity contribution in [3.05, 3.63) is 16.0 Å². The van der Waals surface area contributed by atoms with E-state index in [1.54, 1.807) is 0 Å². The Kier molecular flexibility index (Phi) is 3.73. The Labute approximate surface area is 128 Å². The van der Waals surface area contributed by atoms with Gasteiger partial charge in [0.15, 0.2) is 9.84 Å². The summed E-state index contributed by atoms with van der Waals surface area (Å²) in [6.07, 6.45) is 3.43. The van der Waals surface area contributed by atoms with Crippen LogP contribution in [0.4, 0.5) is 5.00 Å². The van der Waals surface area contributed by atoms with Gasteiger partial charge in [0.25, 0.3) is 5.91 Å². The largest absolute Gasteiger partial charge is 0.390 e. The molecule has 116 valence electrons. The number of thiophene rings is 1. The number of hydrogen-bond acceptors (Lipinski definition) is 5. The maximum Gasteiger partial charge on any atom is 0.254 e. The van der Waals surface area contributed by atoms with Crippen molar-refractivity contribution in [3.8, 4) is 0 Å². The van der Waals surface area contributed by atoms with Crippen molar-refractivity contribution in [1.29, 1.82) is 0 Å². The van der Waals surface area contributed by atoms with Crippen LogP contribution < -0.4 is 11.1 Å². The number of fused-ring (bicyclic) bond motifs is 1. The van der Waals surface area contributed by atoms with Gasteiger partial charge in [-0.1, -0.05) is 6.92 Å². The first-order valence-electron chi connectivity index (χ1n) is 7.27. The first-order valence-corrected chi connectivity index (χ1v) is 9.91. The Hall–Kier alpha value is -1.08. The Morgan fingerprint density at radius 2 is 2.14 bits per heavy atom. The molecule has 2 atom stereocenters. The molecule has 1 amide bonds. The van der Waals surface area contributed by atoms with Crippen molar-refractivity contribution < 1.29 is 13.2 Å². The highest BCUT2D eigenvalue weighted by Gasteiger charge is 2.32. The molecule has 2 aliphatic rings. The first kappa shape index (κ1) is 14.8. The number of nitrogens with two attached hydrogens (primary N) is 1. The summed E-state index contributed by atoms with van der Waals surface area (Å²) in [5.41, 5.74) is 7.70. The van der Waals surface area contributed by atoms with Crippen LogP contribution in [-0.2, 0) is 22.7 Å². The van der Waals surface area contributed by atoms with E-state index in [9.17, 15) is 13.2 Å². The van der Waals surface area contributed by atoms with Crippen LogP contribution in [0.2, 0.25) is 0 Å². The molecule has 1 aliphatic carbocycles. The van der Waals surface area contributed by atoms with E-state index in [2.05, 4.69) is 12.2 Å². The average molecular weight is 328 g/mol. The monoisotopic (exact) mass is 328 g/mol. The van der Waals surface area contributed by atoms with E-state index in [0.29, 0.717) is 22.9 Å². The van der Waals surface area contributed by atoms with E-state index in [0.717, 1.165) is 24.8 Å². The van der Waals surface area contributed by atoms with Crippen molar-refractivity contribution >= 4 is 32.1 Å². The van der Waals surface area contributed by atoms with Gasteiger partial charge in [0.05, 0.1) is 22.1 Å². The zero-order valence-electron chi connectivity index (χ0n) is 12.0. The first-order chi connectivity index (χ1) is 9.85. The molecule has 3 rings (SSSR count). The van der Waals surface area contributed by atoms with Gasteiger partial charge in [-0.25, -0.2) is 8.42 Å². The van der Waals surface area contributed by atoms with E-state index in [1.165, 1.54) is 16.2 Å². The summed E-state index contributed by atoms with van der Waals surface area (Å²) < 4.78 is 22.9. The zero-order chi connectivity index (χ0) is 15.2. The highest BCUT2D eigenvalue weighted by molar-refractivity contribution is 7.91. The number of carbonyl (C=O) groups is 1. The predicted octanol–water partition coefficient (Wildman–Crippen LogP) is 1.37. The van der Waals surface area contributed by atoms with Crippen molar-refractivity contribution in [2.75, 3.05) is 17.2 Å². The molecule has 0 radical (unpaired) electrons. The molecule has 2 heterocycles. The minimum atomic E-state index is -2.99. The van der Waals surface area contributed by atoms with Gasteiger partial charge >= 0.3 is 0 Å². The highest BCUT2D eigenvalue weighted by Crippen LogP contribution is 2.38. The molecule has 0 aromatic carbocycles. The lowest BCUT2D eigenvalue weighted by molar-refractivity contribution is 0.0941. The van der Waals surface area contributed by atoms with E-state index in [1.807, 2.05) is 0 Å². The lowest BCUT2D eigenvalue weighted by Crippen LogP contribution is -2.36. The Bertz CT molecular complexity index is 679. The molecule has 7 heteroatoms. The molecule has 3 N–H and O–H groups in total. The van der Waals surface area contributed by atoms with Crippen LogP contribution in [0.3, 0.4) is 0 Å². The number of amides is 1. The fraction of sp³-hybridized carbons (Fsp3) is 0.643. The Balaban J connectivity index is 1.79. The minimum Gasteiger partial charge on any atom is -0.390 e. The summed E-state index contributed by atoms with van der Waals surface area (Å²) >= 11 is 1.51. The summed E-state index contributed by atoms with van der Waals surface area (Å²) in [7, 11) is -2.99. The molecule has 5 nitrogen and oxygen atoms in total. The lowest BCUT2D eigenvalue weighted by atomic mass is 9.88. The van der Waals surface area contributed by atoms with Crippen molar-refractivity contribution in [1.82, 2.24) is 5.32 Å². The molecule has 1 saturated heterocycles. The molecule has 1 fully saturated rings. The summed E-state index contributed by atoms with van der Waals surface area (Å²) in [6, 6.07) is -0.278. The quantitative estimate of drug-likeness (QED) is 0.858. The van der Waals surface area contributed by atoms with Crippen molar-refractivity contribution in [2.45, 2.75) is 38.6 Å². The molecule has 0 saturated carbocycles. The number of hydrogen-bond donors (Lipinski definition) is 2. The number of nitrogen functional groups attached to an aromatic ring is 1. The molecular weight excluding hydrogens is 308 g/mol. The summed E-state index contributed by atoms with van der Waals surface area (Å²) in [4.78, 5) is 13.7. The van der Waals surface area contributed by atoms with Crippen molar-refractivity contribution in [3.63, 3.8) is 0 Å². The third kappa shape index (κ3) is 2.94. The van der Waals surface area contributed by atoms with Gasteiger partial charge in [0, 0.05) is 10.9 Å². The van der Waals surface area contributed by atoms with Gasteiger partial charge in [-0.15, -0.1) is 11.3 Å². The molecule has 21 heavy (non-hydrogen) atoms. The normalized spacial score (nSPS) is 27.3. The van der Waals surface area contributed by atoms with Gasteiger partial charge < -0.3 is 11.1 Å². The highest BCUT2D eigenvalue weighted by atomic mass is 32.2. The molecule has 0 bridgehead atoms. The van der Waals surface area contributed by atoms with Crippen LogP contribution in [0.5, 0.6) is 0 Å². The Morgan fingerprint density at radius 1 is 1.38 bits per heavy atom. The number of rotatable bonds is 2. The third-order valence-corrected chi connectivity index (χ3v) is 7.19. The summed E-state index contributed by atoms with van der Waals surface area (Å²) in [5, 5.41) is 3.41. The Morgan fingerprint density at radius 3 is 2.81 bits per heavy atom. The van der Waals surface area contributed by atoms with Crippen LogP contribution >= 0.6 is 11.3 Å². The summed E-state index contributed by atoms with van der Waals surface area (Å²) in [5.74, 6) is 0.627. The van der Waals surface area contributed by atoms with Gasteiger partial charge in [-0.2, -0.15) is 0 Å². The molecule has 1 aliphatic heterocycles. The maximum absolute atomic E-state index is 12.5. The topological polar surface area (TPSA) is 89.3 Å². The average Bonchev–Trinajstić information content (AvgIpc) is 2.87. The molecule has 1 aromatic heterocycles. The molecule has 1 aromatic rings. The van der Waals surface area contributed by atoms with E-state index in [-0.39, 0.29) is 23.5 Å². The van der Waals surface area contributed by atoms with Crippen molar-refractivity contribution in [2.24, 2.45) is 5.92 Å². The number of nitrogens with one attached hydrogen (secondary N) is 1. The van der Waals surface area contributed by atoms with Crippen LogP contribution in [-0.4, -0.2) is 31.9 Å². The molecule has 0 unspecified atom stereocenters. The lowest BCUT2D eigenvalue weighted by Gasteiger charge is -2.19. The van der Waals surface area contributed by atoms with Crippen LogP contribution in [0, 0.1) is 5.92 Å². The van der Waals surface area contributed by atoms with E-state index < -0.39 is 9.84 Å². The maximum atomic E-state index is 12.5. The predicted molar refractivity (Wildman–Crippen MR) is 84.4 cm³/mol. The third-order valence-electron chi connectivity index (χ3n) is 4.33. The number of carbonyl (C=O) groups excluding carboxylic acids is 1. The van der Waals surface area contributed by atoms with Gasteiger partial charge in [-0.3, -0.25) is 4.79 Å². The number of anilines is 1. The second-order valence-electron chi connectivity index (χ2n) is 6.16. The molecule has 0 spiro atoms. The van der Waals surface area contributed by atoms with Crippen LogP contribution in [0.1, 0.15) is 40.6 Å². The van der Waals surface area contributed by atoms with Gasteiger partial charge in [0.2, 0.25) is 0 Å². The number of sulfone groups is 1. The van der Waals surface area contributed by atoms with Gasteiger partial charge in [0.1, 0.15) is 0 Å². The van der Waals surface area contributed by atoms with E-state index >= 15 is 0 Å². The SMILES string of the molecule is C[C@H]1CCc2c(sc(N)c2C(=O)N[C@@H]2CCS(=O)(=O)C2)C1. The second kappa shape index (κ2) is 5.28.